The quantitative estimate of drug-likeness (QED) is 0.660. The Balaban J connectivity index is 2.12. The molecule has 3 atom stereocenters. The molecular formula is C12H25NO2. The van der Waals surface area contributed by atoms with Crippen LogP contribution in [0, 0.1) is 5.41 Å². The van der Waals surface area contributed by atoms with Gasteiger partial charge in [0, 0.05) is 18.1 Å². The molecule has 1 fully saturated rings. The van der Waals surface area contributed by atoms with Crippen molar-refractivity contribution in [2.75, 3.05) is 19.8 Å². The molecule has 1 rings (SSSR count). The number of rotatable bonds is 7. The molecular weight excluding hydrogens is 190 g/mol. The van der Waals surface area contributed by atoms with E-state index in [9.17, 15) is 0 Å². The third kappa shape index (κ3) is 2.92. The lowest BCUT2D eigenvalue weighted by Gasteiger charge is -2.51. The van der Waals surface area contributed by atoms with Gasteiger partial charge in [0.25, 0.3) is 0 Å². The molecule has 0 saturated heterocycles. The summed E-state index contributed by atoms with van der Waals surface area (Å²) < 4.78 is 11.2. The van der Waals surface area contributed by atoms with Gasteiger partial charge in [-0.3, -0.25) is 0 Å². The van der Waals surface area contributed by atoms with E-state index in [4.69, 9.17) is 15.2 Å². The third-order valence-electron chi connectivity index (χ3n) is 3.71. The number of nitrogens with two attached hydrogens (primary N) is 1. The van der Waals surface area contributed by atoms with Crippen LogP contribution in [-0.4, -0.2) is 32.0 Å². The van der Waals surface area contributed by atoms with Gasteiger partial charge in [-0.15, -0.1) is 0 Å². The van der Waals surface area contributed by atoms with Crippen LogP contribution in [0.3, 0.4) is 0 Å². The Morgan fingerprint density at radius 1 is 1.27 bits per heavy atom. The van der Waals surface area contributed by atoms with Crippen molar-refractivity contribution in [3.05, 3.63) is 0 Å². The first kappa shape index (κ1) is 12.9. The van der Waals surface area contributed by atoms with Gasteiger partial charge in [-0.2, -0.15) is 0 Å². The van der Waals surface area contributed by atoms with Gasteiger partial charge in [0.05, 0.1) is 19.3 Å². The van der Waals surface area contributed by atoms with E-state index >= 15 is 0 Å². The monoisotopic (exact) mass is 215 g/mol. The average Bonchev–Trinajstić information content (AvgIpc) is 2.26. The van der Waals surface area contributed by atoms with Gasteiger partial charge in [0.15, 0.2) is 0 Å². The van der Waals surface area contributed by atoms with Crippen LogP contribution in [0.15, 0.2) is 0 Å². The summed E-state index contributed by atoms with van der Waals surface area (Å²) in [4.78, 5) is 0. The topological polar surface area (TPSA) is 44.5 Å². The Morgan fingerprint density at radius 2 is 2.00 bits per heavy atom. The van der Waals surface area contributed by atoms with Crippen LogP contribution in [-0.2, 0) is 9.47 Å². The van der Waals surface area contributed by atoms with Crippen molar-refractivity contribution >= 4 is 0 Å². The molecule has 1 aliphatic carbocycles. The largest absolute Gasteiger partial charge is 0.379 e. The SMILES string of the molecule is CCCOCCOC1CC(N)C1(C)CC. The van der Waals surface area contributed by atoms with E-state index in [1.54, 1.807) is 0 Å². The summed E-state index contributed by atoms with van der Waals surface area (Å²) in [5, 5.41) is 0. The lowest BCUT2D eigenvalue weighted by molar-refractivity contribution is -0.128. The van der Waals surface area contributed by atoms with Crippen molar-refractivity contribution in [3.8, 4) is 0 Å². The molecule has 0 amide bonds. The number of hydrogen-bond donors (Lipinski definition) is 1. The van der Waals surface area contributed by atoms with Crippen LogP contribution in [0.1, 0.15) is 40.0 Å². The van der Waals surface area contributed by atoms with Crippen molar-refractivity contribution in [1.82, 2.24) is 0 Å². The molecule has 3 nitrogen and oxygen atoms in total. The summed E-state index contributed by atoms with van der Waals surface area (Å²) in [6.45, 7) is 8.76. The Morgan fingerprint density at radius 3 is 2.53 bits per heavy atom. The molecule has 90 valence electrons. The Hall–Kier alpha value is -0.120. The highest BCUT2D eigenvalue weighted by molar-refractivity contribution is 5.02. The van der Waals surface area contributed by atoms with E-state index in [0.29, 0.717) is 25.4 Å². The molecule has 1 aliphatic rings. The summed E-state index contributed by atoms with van der Waals surface area (Å²) >= 11 is 0. The van der Waals surface area contributed by atoms with Gasteiger partial charge in [0.1, 0.15) is 0 Å². The highest BCUT2D eigenvalue weighted by atomic mass is 16.5. The second kappa shape index (κ2) is 5.83. The zero-order chi connectivity index (χ0) is 11.3. The van der Waals surface area contributed by atoms with E-state index in [1.165, 1.54) is 0 Å². The minimum absolute atomic E-state index is 0.185. The highest BCUT2D eigenvalue weighted by Crippen LogP contribution is 2.44. The lowest BCUT2D eigenvalue weighted by atomic mass is 9.62. The zero-order valence-electron chi connectivity index (χ0n) is 10.3. The molecule has 0 bridgehead atoms. The fourth-order valence-corrected chi connectivity index (χ4v) is 2.09. The maximum Gasteiger partial charge on any atom is 0.0704 e. The average molecular weight is 215 g/mol. The van der Waals surface area contributed by atoms with E-state index in [2.05, 4.69) is 20.8 Å². The summed E-state index contributed by atoms with van der Waals surface area (Å²) in [6.07, 6.45) is 3.50. The first-order valence-electron chi connectivity index (χ1n) is 6.10. The Labute approximate surface area is 93.3 Å². The van der Waals surface area contributed by atoms with Crippen LogP contribution >= 0.6 is 0 Å². The smallest absolute Gasteiger partial charge is 0.0704 e. The molecule has 0 spiro atoms. The number of ether oxygens (including phenoxy) is 2. The fraction of sp³-hybridized carbons (Fsp3) is 1.00. The second-order valence-electron chi connectivity index (χ2n) is 4.67. The third-order valence-corrected chi connectivity index (χ3v) is 3.71. The van der Waals surface area contributed by atoms with Gasteiger partial charge in [-0.25, -0.2) is 0 Å². The molecule has 3 unspecified atom stereocenters. The van der Waals surface area contributed by atoms with Crippen molar-refractivity contribution in [2.45, 2.75) is 52.2 Å². The van der Waals surface area contributed by atoms with E-state index in [0.717, 1.165) is 25.9 Å². The van der Waals surface area contributed by atoms with Gasteiger partial charge < -0.3 is 15.2 Å². The van der Waals surface area contributed by atoms with E-state index in [-0.39, 0.29) is 5.41 Å². The van der Waals surface area contributed by atoms with Crippen LogP contribution in [0.5, 0.6) is 0 Å². The molecule has 1 saturated carbocycles. The van der Waals surface area contributed by atoms with Crippen molar-refractivity contribution in [2.24, 2.45) is 11.1 Å². The summed E-state index contributed by atoms with van der Waals surface area (Å²) in [6, 6.07) is 0.309. The van der Waals surface area contributed by atoms with Crippen LogP contribution in [0.25, 0.3) is 0 Å². The normalized spacial score (nSPS) is 35.2. The molecule has 0 radical (unpaired) electrons. The number of hydrogen-bond acceptors (Lipinski definition) is 3. The maximum absolute atomic E-state index is 6.00. The summed E-state index contributed by atoms with van der Waals surface area (Å²) in [7, 11) is 0. The molecule has 0 aromatic rings. The predicted molar refractivity (Wildman–Crippen MR) is 61.8 cm³/mol. The molecule has 0 heterocycles. The maximum atomic E-state index is 6.00. The molecule has 2 N–H and O–H groups in total. The summed E-state index contributed by atoms with van der Waals surface area (Å²) in [5.41, 5.74) is 6.18. The van der Waals surface area contributed by atoms with Gasteiger partial charge in [-0.1, -0.05) is 20.8 Å². The standard InChI is InChI=1S/C12H25NO2/c1-4-6-14-7-8-15-11-9-10(13)12(11,3)5-2/h10-11H,4-9,13H2,1-3H3. The van der Waals surface area contributed by atoms with Gasteiger partial charge in [0.2, 0.25) is 0 Å². The predicted octanol–water partition coefficient (Wildman–Crippen LogP) is 1.95. The first-order chi connectivity index (χ1) is 7.15. The first-order valence-corrected chi connectivity index (χ1v) is 6.10. The second-order valence-corrected chi connectivity index (χ2v) is 4.67. The van der Waals surface area contributed by atoms with Crippen LogP contribution in [0.4, 0.5) is 0 Å². The van der Waals surface area contributed by atoms with Crippen molar-refractivity contribution < 1.29 is 9.47 Å². The van der Waals surface area contributed by atoms with Crippen LogP contribution < -0.4 is 5.73 Å². The summed E-state index contributed by atoms with van der Waals surface area (Å²) in [5.74, 6) is 0. The molecule has 15 heavy (non-hydrogen) atoms. The molecule has 0 aromatic heterocycles. The molecule has 0 aromatic carbocycles. The minimum atomic E-state index is 0.185. The van der Waals surface area contributed by atoms with Gasteiger partial charge >= 0.3 is 0 Å². The van der Waals surface area contributed by atoms with Gasteiger partial charge in [-0.05, 0) is 19.3 Å². The van der Waals surface area contributed by atoms with Crippen LogP contribution in [0.2, 0.25) is 0 Å². The minimum Gasteiger partial charge on any atom is -0.379 e. The molecule has 0 aliphatic heterocycles. The van der Waals surface area contributed by atoms with E-state index in [1.807, 2.05) is 0 Å². The Bertz CT molecular complexity index is 186. The zero-order valence-corrected chi connectivity index (χ0v) is 10.3. The van der Waals surface area contributed by atoms with Crippen molar-refractivity contribution in [1.29, 1.82) is 0 Å². The lowest BCUT2D eigenvalue weighted by Crippen LogP contribution is -2.60. The van der Waals surface area contributed by atoms with E-state index < -0.39 is 0 Å². The Kier molecular flexibility index (Phi) is 5.03. The highest BCUT2D eigenvalue weighted by Gasteiger charge is 2.49. The fourth-order valence-electron chi connectivity index (χ4n) is 2.09. The molecule has 3 heteroatoms. The van der Waals surface area contributed by atoms with Crippen molar-refractivity contribution in [3.63, 3.8) is 0 Å².